The molecule has 0 radical (unpaired) electrons. The lowest BCUT2D eigenvalue weighted by molar-refractivity contribution is -0.156. The summed E-state index contributed by atoms with van der Waals surface area (Å²) < 4.78 is 0. The molecular formula is C20H19N3O2. The van der Waals surface area contributed by atoms with Crippen LogP contribution in [-0.2, 0) is 22.7 Å². The summed E-state index contributed by atoms with van der Waals surface area (Å²) in [6, 6.07) is 18.4. The molecule has 1 saturated heterocycles. The molecule has 0 aromatic heterocycles. The largest absolute Gasteiger partial charge is 0.327 e. The zero-order valence-electron chi connectivity index (χ0n) is 14.1. The molecule has 0 saturated carbocycles. The van der Waals surface area contributed by atoms with Gasteiger partial charge in [-0.2, -0.15) is 5.26 Å². The summed E-state index contributed by atoms with van der Waals surface area (Å²) in [7, 11) is 0. The van der Waals surface area contributed by atoms with Crippen LogP contribution in [0.2, 0.25) is 0 Å². The first-order chi connectivity index (χ1) is 12.1. The minimum Gasteiger partial charge on any atom is -0.327 e. The van der Waals surface area contributed by atoms with Crippen LogP contribution in [0.5, 0.6) is 0 Å². The fraction of sp³-hybridized carbons (Fsp3) is 0.250. The molecule has 0 spiro atoms. The Kier molecular flexibility index (Phi) is 4.80. The predicted octanol–water partition coefficient (Wildman–Crippen LogP) is 2.32. The Morgan fingerprint density at radius 1 is 1.04 bits per heavy atom. The summed E-state index contributed by atoms with van der Waals surface area (Å²) in [5.41, 5.74) is 2.29. The van der Waals surface area contributed by atoms with Gasteiger partial charge in [0, 0.05) is 13.1 Å². The number of piperazine rings is 1. The molecule has 2 aromatic rings. The Balaban J connectivity index is 1.76. The van der Waals surface area contributed by atoms with E-state index >= 15 is 0 Å². The summed E-state index contributed by atoms with van der Waals surface area (Å²) in [6.07, 6.45) is 0. The molecule has 0 unspecified atom stereocenters. The van der Waals surface area contributed by atoms with Gasteiger partial charge >= 0.3 is 0 Å². The Morgan fingerprint density at radius 3 is 2.44 bits per heavy atom. The summed E-state index contributed by atoms with van der Waals surface area (Å²) in [5, 5.41) is 9.21. The lowest BCUT2D eigenvalue weighted by Crippen LogP contribution is -2.58. The highest BCUT2D eigenvalue weighted by Gasteiger charge is 2.36. The van der Waals surface area contributed by atoms with E-state index in [2.05, 4.69) is 6.07 Å². The van der Waals surface area contributed by atoms with E-state index in [4.69, 9.17) is 0 Å². The third-order valence-electron chi connectivity index (χ3n) is 4.48. The van der Waals surface area contributed by atoms with Gasteiger partial charge < -0.3 is 9.80 Å². The van der Waals surface area contributed by atoms with Gasteiger partial charge in [0.2, 0.25) is 11.8 Å². The number of nitrogens with zero attached hydrogens (tertiary/aromatic N) is 3. The SMILES string of the molecule is C[C@@H]1C(=O)N(Cc2ccccc2)CC(=O)N1Cc1ccccc1C#N. The summed E-state index contributed by atoms with van der Waals surface area (Å²) in [5.74, 6) is -0.173. The van der Waals surface area contributed by atoms with E-state index in [0.29, 0.717) is 12.1 Å². The molecule has 0 bridgehead atoms. The van der Waals surface area contributed by atoms with Crippen molar-refractivity contribution < 1.29 is 9.59 Å². The van der Waals surface area contributed by atoms with Gasteiger partial charge in [-0.1, -0.05) is 48.5 Å². The number of hydrogen-bond donors (Lipinski definition) is 0. The second-order valence-electron chi connectivity index (χ2n) is 6.15. The lowest BCUT2D eigenvalue weighted by atomic mass is 10.1. The van der Waals surface area contributed by atoms with Gasteiger partial charge in [0.05, 0.1) is 11.6 Å². The zero-order valence-corrected chi connectivity index (χ0v) is 14.1. The van der Waals surface area contributed by atoms with Gasteiger partial charge in [0.15, 0.2) is 0 Å². The van der Waals surface area contributed by atoms with Gasteiger partial charge in [-0.05, 0) is 24.1 Å². The summed E-state index contributed by atoms with van der Waals surface area (Å²) in [4.78, 5) is 28.4. The first kappa shape index (κ1) is 16.7. The molecule has 1 aliphatic rings. The molecule has 1 heterocycles. The molecule has 0 N–H and O–H groups in total. The van der Waals surface area contributed by atoms with Crippen LogP contribution in [0.25, 0.3) is 0 Å². The maximum atomic E-state index is 12.7. The van der Waals surface area contributed by atoms with Crippen molar-refractivity contribution in [3.8, 4) is 6.07 Å². The normalized spacial score (nSPS) is 17.5. The van der Waals surface area contributed by atoms with E-state index in [9.17, 15) is 14.9 Å². The maximum Gasteiger partial charge on any atom is 0.245 e. The highest BCUT2D eigenvalue weighted by molar-refractivity contribution is 5.94. The Hall–Kier alpha value is -3.13. The number of benzene rings is 2. The van der Waals surface area contributed by atoms with Gasteiger partial charge in [0.1, 0.15) is 12.6 Å². The molecule has 1 fully saturated rings. The van der Waals surface area contributed by atoms with Crippen molar-refractivity contribution in [2.75, 3.05) is 6.54 Å². The molecule has 2 aromatic carbocycles. The van der Waals surface area contributed by atoms with Crippen LogP contribution >= 0.6 is 0 Å². The van der Waals surface area contributed by atoms with E-state index < -0.39 is 6.04 Å². The van der Waals surface area contributed by atoms with Gasteiger partial charge in [-0.3, -0.25) is 9.59 Å². The number of carbonyl (C=O) groups excluding carboxylic acids is 2. The standard InChI is InChI=1S/C20H19N3O2/c1-15-20(25)22(12-16-7-3-2-4-8-16)14-19(24)23(15)13-18-10-6-5-9-17(18)11-21/h2-10,15H,12-14H2,1H3/t15-/m1/s1. The van der Waals surface area contributed by atoms with Gasteiger partial charge in [-0.15, -0.1) is 0 Å². The van der Waals surface area contributed by atoms with Crippen LogP contribution in [0.1, 0.15) is 23.6 Å². The molecule has 126 valence electrons. The van der Waals surface area contributed by atoms with Crippen molar-refractivity contribution in [2.45, 2.75) is 26.1 Å². The zero-order chi connectivity index (χ0) is 17.8. The van der Waals surface area contributed by atoms with Crippen molar-refractivity contribution >= 4 is 11.8 Å². The van der Waals surface area contributed by atoms with E-state index in [-0.39, 0.29) is 24.9 Å². The van der Waals surface area contributed by atoms with E-state index in [1.807, 2.05) is 42.5 Å². The Bertz CT molecular complexity index is 826. The van der Waals surface area contributed by atoms with E-state index in [1.54, 1.807) is 28.9 Å². The molecule has 1 atom stereocenters. The lowest BCUT2D eigenvalue weighted by Gasteiger charge is -2.39. The molecule has 5 heteroatoms. The third-order valence-corrected chi connectivity index (χ3v) is 4.48. The highest BCUT2D eigenvalue weighted by Crippen LogP contribution is 2.19. The molecule has 3 rings (SSSR count). The Morgan fingerprint density at radius 2 is 1.72 bits per heavy atom. The third kappa shape index (κ3) is 3.53. The predicted molar refractivity (Wildman–Crippen MR) is 93.0 cm³/mol. The number of amides is 2. The second kappa shape index (κ2) is 7.18. The van der Waals surface area contributed by atoms with E-state index in [0.717, 1.165) is 11.1 Å². The Labute approximate surface area is 147 Å². The maximum absolute atomic E-state index is 12.7. The molecule has 2 amide bonds. The second-order valence-corrected chi connectivity index (χ2v) is 6.15. The van der Waals surface area contributed by atoms with Crippen LogP contribution in [0.15, 0.2) is 54.6 Å². The van der Waals surface area contributed by atoms with Crippen molar-refractivity contribution in [1.82, 2.24) is 9.80 Å². The average molecular weight is 333 g/mol. The van der Waals surface area contributed by atoms with Crippen LogP contribution in [0.4, 0.5) is 0 Å². The van der Waals surface area contributed by atoms with Crippen molar-refractivity contribution in [3.05, 3.63) is 71.3 Å². The minimum atomic E-state index is -0.545. The van der Waals surface area contributed by atoms with Crippen LogP contribution in [0, 0.1) is 11.3 Å². The molecule has 5 nitrogen and oxygen atoms in total. The number of hydrogen-bond acceptors (Lipinski definition) is 3. The fourth-order valence-electron chi connectivity index (χ4n) is 3.06. The van der Waals surface area contributed by atoms with Crippen molar-refractivity contribution in [3.63, 3.8) is 0 Å². The monoisotopic (exact) mass is 333 g/mol. The number of carbonyl (C=O) groups is 2. The van der Waals surface area contributed by atoms with Crippen molar-refractivity contribution in [2.24, 2.45) is 0 Å². The molecule has 0 aliphatic carbocycles. The van der Waals surface area contributed by atoms with Crippen molar-refractivity contribution in [1.29, 1.82) is 5.26 Å². The molecule has 1 aliphatic heterocycles. The fourth-order valence-corrected chi connectivity index (χ4v) is 3.06. The quantitative estimate of drug-likeness (QED) is 0.862. The average Bonchev–Trinajstić information content (AvgIpc) is 2.64. The van der Waals surface area contributed by atoms with Crippen LogP contribution < -0.4 is 0 Å². The van der Waals surface area contributed by atoms with Gasteiger partial charge in [-0.25, -0.2) is 0 Å². The van der Waals surface area contributed by atoms with E-state index in [1.165, 1.54) is 0 Å². The van der Waals surface area contributed by atoms with Crippen LogP contribution in [-0.4, -0.2) is 34.2 Å². The van der Waals surface area contributed by atoms with Crippen LogP contribution in [0.3, 0.4) is 0 Å². The first-order valence-electron chi connectivity index (χ1n) is 8.20. The number of nitriles is 1. The smallest absolute Gasteiger partial charge is 0.245 e. The summed E-state index contributed by atoms with van der Waals surface area (Å²) >= 11 is 0. The van der Waals surface area contributed by atoms with Gasteiger partial charge in [0.25, 0.3) is 0 Å². The summed E-state index contributed by atoms with van der Waals surface area (Å²) in [6.45, 7) is 2.51. The molecular weight excluding hydrogens is 314 g/mol. The number of rotatable bonds is 4. The minimum absolute atomic E-state index is 0.0623. The topological polar surface area (TPSA) is 64.4 Å². The first-order valence-corrected chi connectivity index (χ1v) is 8.20. The molecule has 25 heavy (non-hydrogen) atoms. The highest BCUT2D eigenvalue weighted by atomic mass is 16.2.